The third kappa shape index (κ3) is 2.64. The summed E-state index contributed by atoms with van der Waals surface area (Å²) in [6, 6.07) is 7.27. The molecule has 0 radical (unpaired) electrons. The molecule has 0 aliphatic heterocycles. The van der Waals surface area contributed by atoms with Crippen molar-refractivity contribution in [2.75, 3.05) is 0 Å². The Kier molecular flexibility index (Phi) is 4.39. The van der Waals surface area contributed by atoms with Crippen LogP contribution in [-0.4, -0.2) is 5.11 Å². The van der Waals surface area contributed by atoms with Crippen LogP contribution in [0.2, 0.25) is 0 Å². The first-order valence-electron chi connectivity index (χ1n) is 3.22. The van der Waals surface area contributed by atoms with E-state index in [1.165, 1.54) is 0 Å². The van der Waals surface area contributed by atoms with Crippen LogP contribution in [0.5, 0.6) is 5.75 Å². The lowest BCUT2D eigenvalue weighted by atomic mass is 10.1. The van der Waals surface area contributed by atoms with Crippen LogP contribution in [0.4, 0.5) is 0 Å². The minimum atomic E-state index is 0. The van der Waals surface area contributed by atoms with Crippen LogP contribution in [0.3, 0.4) is 0 Å². The Balaban J connectivity index is 0.000001000. The summed E-state index contributed by atoms with van der Waals surface area (Å²) in [4.78, 5) is 0. The van der Waals surface area contributed by atoms with Crippen molar-refractivity contribution < 1.29 is 5.11 Å². The summed E-state index contributed by atoms with van der Waals surface area (Å²) in [5.74, 6) is 0.349. The van der Waals surface area contributed by atoms with E-state index in [1.807, 2.05) is 18.2 Å². The predicted molar refractivity (Wildman–Crippen MR) is 49.3 cm³/mol. The smallest absolute Gasteiger partial charge is 0.119 e. The second-order valence-corrected chi connectivity index (χ2v) is 2.12. The van der Waals surface area contributed by atoms with Gasteiger partial charge in [0, 0.05) is 0 Å². The van der Waals surface area contributed by atoms with Crippen LogP contribution < -0.4 is 0 Å². The molecular weight excluding hydrogens is 160 g/mol. The van der Waals surface area contributed by atoms with Crippen molar-refractivity contribution in [1.29, 1.82) is 0 Å². The zero-order chi connectivity index (χ0) is 7.40. The molecular formula is C9H11ClO. The maximum absolute atomic E-state index is 9.19. The Morgan fingerprint density at radius 3 is 2.55 bits per heavy atom. The minimum absolute atomic E-state index is 0. The van der Waals surface area contributed by atoms with E-state index >= 15 is 0 Å². The number of phenolic OH excluding ortho intramolecular Hbond substituents is 1. The minimum Gasteiger partial charge on any atom is -0.508 e. The van der Waals surface area contributed by atoms with Gasteiger partial charge in [0.25, 0.3) is 0 Å². The number of rotatable bonds is 2. The lowest BCUT2D eigenvalue weighted by molar-refractivity contribution is 0.470. The summed E-state index contributed by atoms with van der Waals surface area (Å²) in [5.41, 5.74) is 0.928. The van der Waals surface area contributed by atoms with Gasteiger partial charge in [-0.25, -0.2) is 0 Å². The lowest BCUT2D eigenvalue weighted by Gasteiger charge is -1.97. The largest absolute Gasteiger partial charge is 0.508 e. The molecule has 1 aromatic carbocycles. The molecule has 60 valence electrons. The second-order valence-electron chi connectivity index (χ2n) is 2.12. The molecule has 0 aliphatic carbocycles. The van der Waals surface area contributed by atoms with Crippen molar-refractivity contribution in [3.8, 4) is 5.75 Å². The first kappa shape index (κ1) is 10.0. The maximum atomic E-state index is 9.19. The summed E-state index contributed by atoms with van der Waals surface area (Å²) in [5, 5.41) is 9.19. The van der Waals surface area contributed by atoms with Crippen LogP contribution in [0.25, 0.3) is 0 Å². The molecule has 11 heavy (non-hydrogen) atoms. The quantitative estimate of drug-likeness (QED) is 0.677. The van der Waals surface area contributed by atoms with E-state index in [1.54, 1.807) is 12.1 Å². The summed E-state index contributed by atoms with van der Waals surface area (Å²) in [6.45, 7) is 3.59. The van der Waals surface area contributed by atoms with Crippen molar-refractivity contribution in [2.24, 2.45) is 0 Å². The van der Waals surface area contributed by atoms with Gasteiger partial charge in [0.05, 0.1) is 0 Å². The molecule has 1 N–H and O–H groups in total. The van der Waals surface area contributed by atoms with E-state index in [4.69, 9.17) is 0 Å². The predicted octanol–water partition coefficient (Wildman–Crippen LogP) is 2.54. The number of allylic oxidation sites excluding steroid dienone is 1. The highest BCUT2D eigenvalue weighted by Crippen LogP contribution is 2.15. The third-order valence-corrected chi connectivity index (χ3v) is 1.36. The Labute approximate surface area is 72.8 Å². The van der Waals surface area contributed by atoms with Crippen LogP contribution in [0.15, 0.2) is 36.9 Å². The molecule has 0 heterocycles. The van der Waals surface area contributed by atoms with Gasteiger partial charge in [0.1, 0.15) is 5.75 Å². The first-order chi connectivity index (χ1) is 4.84. The fourth-order valence-corrected chi connectivity index (χ4v) is 0.839. The Hall–Kier alpha value is -0.950. The Morgan fingerprint density at radius 2 is 2.00 bits per heavy atom. The van der Waals surface area contributed by atoms with E-state index in [0.29, 0.717) is 5.75 Å². The monoisotopic (exact) mass is 170 g/mol. The highest BCUT2D eigenvalue weighted by Gasteiger charge is 1.93. The van der Waals surface area contributed by atoms with Crippen LogP contribution in [0, 0.1) is 0 Å². The molecule has 0 saturated heterocycles. The fourth-order valence-electron chi connectivity index (χ4n) is 0.839. The fraction of sp³-hybridized carbons (Fsp3) is 0.111. The molecule has 0 aromatic heterocycles. The van der Waals surface area contributed by atoms with Gasteiger partial charge in [0.2, 0.25) is 0 Å². The van der Waals surface area contributed by atoms with Gasteiger partial charge in [-0.2, -0.15) is 0 Å². The van der Waals surface area contributed by atoms with Crippen molar-refractivity contribution in [1.82, 2.24) is 0 Å². The average Bonchev–Trinajstić information content (AvgIpc) is 1.94. The van der Waals surface area contributed by atoms with Gasteiger partial charge in [-0.15, -0.1) is 19.0 Å². The molecule has 1 rings (SSSR count). The van der Waals surface area contributed by atoms with E-state index < -0.39 is 0 Å². The topological polar surface area (TPSA) is 20.2 Å². The molecule has 0 spiro atoms. The summed E-state index contributed by atoms with van der Waals surface area (Å²) in [7, 11) is 0. The number of halogens is 1. The molecule has 0 amide bonds. The average molecular weight is 171 g/mol. The van der Waals surface area contributed by atoms with E-state index in [9.17, 15) is 5.11 Å². The van der Waals surface area contributed by atoms with Crippen LogP contribution in [-0.2, 0) is 6.42 Å². The van der Waals surface area contributed by atoms with Crippen molar-refractivity contribution in [3.05, 3.63) is 42.5 Å². The van der Waals surface area contributed by atoms with Gasteiger partial charge in [-0.3, -0.25) is 0 Å². The first-order valence-corrected chi connectivity index (χ1v) is 3.22. The van der Waals surface area contributed by atoms with Gasteiger partial charge < -0.3 is 5.11 Å². The standard InChI is InChI=1S/C9H10O.ClH/c1-2-5-8-6-3-4-7-9(8)10;/h2-4,6-7,10H,1,5H2;1H. The highest BCUT2D eigenvalue weighted by molar-refractivity contribution is 5.85. The molecule has 0 bridgehead atoms. The third-order valence-electron chi connectivity index (χ3n) is 1.36. The highest BCUT2D eigenvalue weighted by atomic mass is 35.5. The number of phenols is 1. The van der Waals surface area contributed by atoms with Gasteiger partial charge in [0.15, 0.2) is 0 Å². The number of benzene rings is 1. The van der Waals surface area contributed by atoms with E-state index in [-0.39, 0.29) is 12.4 Å². The zero-order valence-electron chi connectivity index (χ0n) is 6.16. The molecule has 0 unspecified atom stereocenters. The molecule has 1 aromatic rings. The second kappa shape index (κ2) is 4.80. The maximum Gasteiger partial charge on any atom is 0.119 e. The Bertz CT molecular complexity index is 233. The molecule has 2 heteroatoms. The number of hydrogen-bond donors (Lipinski definition) is 1. The molecule has 1 nitrogen and oxygen atoms in total. The van der Waals surface area contributed by atoms with Crippen molar-refractivity contribution >= 4 is 12.4 Å². The normalized spacial score (nSPS) is 8.36. The van der Waals surface area contributed by atoms with Crippen molar-refractivity contribution in [2.45, 2.75) is 6.42 Å². The number of hydrogen-bond acceptors (Lipinski definition) is 1. The summed E-state index contributed by atoms with van der Waals surface area (Å²) in [6.07, 6.45) is 2.50. The van der Waals surface area contributed by atoms with Gasteiger partial charge in [-0.05, 0) is 18.1 Å². The zero-order valence-corrected chi connectivity index (χ0v) is 6.97. The molecule has 0 saturated carbocycles. The van der Waals surface area contributed by atoms with Crippen molar-refractivity contribution in [3.63, 3.8) is 0 Å². The van der Waals surface area contributed by atoms with E-state index in [2.05, 4.69) is 6.58 Å². The summed E-state index contributed by atoms with van der Waals surface area (Å²) < 4.78 is 0. The Morgan fingerprint density at radius 1 is 1.36 bits per heavy atom. The van der Waals surface area contributed by atoms with Gasteiger partial charge >= 0.3 is 0 Å². The van der Waals surface area contributed by atoms with Crippen LogP contribution in [0.1, 0.15) is 5.56 Å². The number of aromatic hydroxyl groups is 1. The molecule has 0 atom stereocenters. The number of para-hydroxylation sites is 1. The van der Waals surface area contributed by atoms with E-state index in [0.717, 1.165) is 12.0 Å². The summed E-state index contributed by atoms with van der Waals surface area (Å²) >= 11 is 0. The molecule has 0 fully saturated rings. The van der Waals surface area contributed by atoms with Gasteiger partial charge in [-0.1, -0.05) is 24.3 Å². The SMILES string of the molecule is C=CCc1ccccc1O.Cl. The van der Waals surface area contributed by atoms with Crippen LogP contribution >= 0.6 is 12.4 Å². The lowest BCUT2D eigenvalue weighted by Crippen LogP contribution is -1.79. The molecule has 0 aliphatic rings.